The third kappa shape index (κ3) is 47.9. The summed E-state index contributed by atoms with van der Waals surface area (Å²) >= 11 is 0. The highest BCUT2D eigenvalue weighted by molar-refractivity contribution is 5.78. The molecule has 16 heteroatoms. The number of allylic oxidation sites excluding steroid dienone is 1. The van der Waals surface area contributed by atoms with E-state index in [4.69, 9.17) is 18.9 Å². The minimum Gasteiger partial charge on any atom is -0.377 e. The van der Waals surface area contributed by atoms with Gasteiger partial charge in [-0.15, -0.1) is 6.58 Å². The lowest BCUT2D eigenvalue weighted by atomic mass is 10.0. The van der Waals surface area contributed by atoms with Crippen LogP contribution in [0.4, 0.5) is 0 Å². The van der Waals surface area contributed by atoms with E-state index in [1.54, 1.807) is 0 Å². The molecule has 0 aliphatic carbocycles. The molecule has 6 N–H and O–H groups in total. The summed E-state index contributed by atoms with van der Waals surface area (Å²) in [6, 6.07) is 0. The van der Waals surface area contributed by atoms with Gasteiger partial charge in [-0.3, -0.25) is 28.8 Å². The number of rotatable bonds is 48. The number of carbonyl (C=O) groups is 6. The monoisotopic (exact) mass is 911 g/mol. The number of nitrogens with one attached hydrogen (secondary N) is 6. The van der Waals surface area contributed by atoms with Gasteiger partial charge in [0.25, 0.3) is 0 Å². The zero-order chi connectivity index (χ0) is 47.0. The largest absolute Gasteiger partial charge is 0.377 e. The van der Waals surface area contributed by atoms with Gasteiger partial charge in [-0.1, -0.05) is 96.0 Å². The molecule has 372 valence electrons. The summed E-state index contributed by atoms with van der Waals surface area (Å²) in [5, 5.41) is 16.7. The molecule has 0 rings (SSSR count). The maximum Gasteiger partial charge on any atom is 0.246 e. The number of unbranched alkanes of at least 4 members (excludes halogenated alkanes) is 14. The molecule has 64 heavy (non-hydrogen) atoms. The van der Waals surface area contributed by atoms with Crippen LogP contribution in [0.3, 0.4) is 0 Å². The van der Waals surface area contributed by atoms with Crippen LogP contribution in [0.5, 0.6) is 0 Å². The van der Waals surface area contributed by atoms with Gasteiger partial charge in [0.1, 0.15) is 13.2 Å². The fraction of sp³-hybridized carbons (Fsp3) is 0.833. The molecule has 0 aromatic rings. The quantitative estimate of drug-likeness (QED) is 0.0324. The molecule has 0 aliphatic heterocycles. The summed E-state index contributed by atoms with van der Waals surface area (Å²) < 4.78 is 21.3. The molecule has 0 unspecified atom stereocenters. The summed E-state index contributed by atoms with van der Waals surface area (Å²) in [5.74, 6) is -0.729. The lowest BCUT2D eigenvalue weighted by molar-refractivity contribution is -0.127. The molecule has 0 aromatic heterocycles. The van der Waals surface area contributed by atoms with E-state index in [0.29, 0.717) is 97.8 Å². The first kappa shape index (κ1) is 60.4. The topological polar surface area (TPSA) is 212 Å². The minimum atomic E-state index is -0.273. The van der Waals surface area contributed by atoms with Crippen molar-refractivity contribution in [1.82, 2.24) is 31.9 Å². The number of ether oxygens (including phenoxy) is 4. The van der Waals surface area contributed by atoms with E-state index in [1.807, 2.05) is 0 Å². The standard InChI is InChI=1S/C48H90N6O10/c1-4-5-28-52-47(59)40-63-38-37-62-35-33-54-48(60)41-64-39-36-61-34-32-53-46(58)27-22-31-51-45(57)26-21-30-50-44(56)25-20-29-49-43(55)24-19-17-15-13-11-9-7-6-8-10-12-14-16-18-23-42(2)3/h2,4-41H2,1,3H3,(H,49,55)(H,50,56)(H,51,57)(H,52,59)(H,53,58)(H,54,60). The molecule has 0 spiro atoms. The Morgan fingerprint density at radius 3 is 0.984 bits per heavy atom. The second-order valence-electron chi connectivity index (χ2n) is 16.5. The summed E-state index contributed by atoms with van der Waals surface area (Å²) in [5.41, 5.74) is 1.30. The number of hydrogen-bond donors (Lipinski definition) is 6. The summed E-state index contributed by atoms with van der Waals surface area (Å²) in [4.78, 5) is 71.8. The third-order valence-electron chi connectivity index (χ3n) is 10.2. The Morgan fingerprint density at radius 2 is 0.609 bits per heavy atom. The van der Waals surface area contributed by atoms with Gasteiger partial charge in [-0.25, -0.2) is 0 Å². The van der Waals surface area contributed by atoms with E-state index in [2.05, 4.69) is 52.3 Å². The van der Waals surface area contributed by atoms with Crippen molar-refractivity contribution in [2.24, 2.45) is 0 Å². The molecule has 0 atom stereocenters. The molecule has 0 fully saturated rings. The van der Waals surface area contributed by atoms with E-state index in [0.717, 1.165) is 25.7 Å². The van der Waals surface area contributed by atoms with Crippen LogP contribution in [0, 0.1) is 0 Å². The molecule has 0 heterocycles. The highest BCUT2D eigenvalue weighted by atomic mass is 16.5. The molecule has 0 aliphatic rings. The predicted molar refractivity (Wildman–Crippen MR) is 253 cm³/mol. The van der Waals surface area contributed by atoms with E-state index in [1.165, 1.54) is 89.0 Å². The second kappa shape index (κ2) is 47.4. The van der Waals surface area contributed by atoms with Crippen LogP contribution in [0.1, 0.15) is 168 Å². The van der Waals surface area contributed by atoms with Crippen LogP contribution in [0.25, 0.3) is 0 Å². The summed E-state index contributed by atoms with van der Waals surface area (Å²) in [6.07, 6.45) is 24.0. The molecule has 0 saturated heterocycles. The van der Waals surface area contributed by atoms with Gasteiger partial charge < -0.3 is 50.8 Å². The van der Waals surface area contributed by atoms with Crippen molar-refractivity contribution < 1.29 is 47.7 Å². The second-order valence-corrected chi connectivity index (χ2v) is 16.5. The van der Waals surface area contributed by atoms with E-state index < -0.39 is 0 Å². The van der Waals surface area contributed by atoms with Crippen molar-refractivity contribution in [3.63, 3.8) is 0 Å². The Morgan fingerprint density at radius 1 is 0.328 bits per heavy atom. The van der Waals surface area contributed by atoms with Gasteiger partial charge in [0.05, 0.1) is 39.6 Å². The first-order valence-corrected chi connectivity index (χ1v) is 24.7. The maximum absolute atomic E-state index is 12.1. The normalized spacial score (nSPS) is 10.9. The number of amides is 6. The predicted octanol–water partition coefficient (Wildman–Crippen LogP) is 5.71. The van der Waals surface area contributed by atoms with Crippen LogP contribution in [-0.2, 0) is 47.7 Å². The van der Waals surface area contributed by atoms with Crippen LogP contribution < -0.4 is 31.9 Å². The molecule has 16 nitrogen and oxygen atoms in total. The highest BCUT2D eigenvalue weighted by Crippen LogP contribution is 2.14. The van der Waals surface area contributed by atoms with Gasteiger partial charge in [0.2, 0.25) is 35.4 Å². The van der Waals surface area contributed by atoms with Crippen molar-refractivity contribution in [1.29, 1.82) is 0 Å². The van der Waals surface area contributed by atoms with Gasteiger partial charge in [0.15, 0.2) is 0 Å². The smallest absolute Gasteiger partial charge is 0.246 e. The van der Waals surface area contributed by atoms with Crippen LogP contribution in [0.2, 0.25) is 0 Å². The van der Waals surface area contributed by atoms with Gasteiger partial charge in [0, 0.05) is 65.0 Å². The third-order valence-corrected chi connectivity index (χ3v) is 10.2. The van der Waals surface area contributed by atoms with Crippen LogP contribution in [-0.4, -0.2) is 128 Å². The zero-order valence-corrected chi connectivity index (χ0v) is 40.2. The lowest BCUT2D eigenvalue weighted by Crippen LogP contribution is -2.32. The Bertz CT molecular complexity index is 1210. The van der Waals surface area contributed by atoms with E-state index >= 15 is 0 Å². The van der Waals surface area contributed by atoms with Crippen molar-refractivity contribution in [3.05, 3.63) is 12.2 Å². The minimum absolute atomic E-state index is 0.000504. The highest BCUT2D eigenvalue weighted by Gasteiger charge is 2.07. The summed E-state index contributed by atoms with van der Waals surface area (Å²) in [6.45, 7) is 12.3. The van der Waals surface area contributed by atoms with Crippen molar-refractivity contribution in [3.8, 4) is 0 Å². The molecular formula is C48H90N6O10. The molecule has 0 radical (unpaired) electrons. The van der Waals surface area contributed by atoms with Gasteiger partial charge >= 0.3 is 0 Å². The Balaban J connectivity index is 3.46. The molecule has 0 bridgehead atoms. The fourth-order valence-corrected chi connectivity index (χ4v) is 6.42. The van der Waals surface area contributed by atoms with E-state index in [9.17, 15) is 28.8 Å². The maximum atomic E-state index is 12.1. The Hall–Kier alpha value is -3.60. The molecule has 6 amide bonds. The van der Waals surface area contributed by atoms with E-state index in [-0.39, 0.29) is 74.7 Å². The number of carbonyl (C=O) groups excluding carboxylic acids is 6. The lowest BCUT2D eigenvalue weighted by Gasteiger charge is -2.09. The van der Waals surface area contributed by atoms with Crippen molar-refractivity contribution in [2.45, 2.75) is 168 Å². The zero-order valence-electron chi connectivity index (χ0n) is 40.2. The fourth-order valence-electron chi connectivity index (χ4n) is 6.42. The van der Waals surface area contributed by atoms with Gasteiger partial charge in [-0.2, -0.15) is 0 Å². The first-order chi connectivity index (χ1) is 31.1. The number of hydrogen-bond acceptors (Lipinski definition) is 10. The molecule has 0 saturated carbocycles. The SMILES string of the molecule is C=C(C)CCCCCCCCCCCCCCCCC(=O)NCCCC(=O)NCCCC(=O)NCCCC(=O)NCCOCCOCC(=O)NCCOCCOCC(=O)NCCCC. The van der Waals surface area contributed by atoms with Crippen LogP contribution >= 0.6 is 0 Å². The average Bonchev–Trinajstić information content (AvgIpc) is 3.27. The van der Waals surface area contributed by atoms with Crippen molar-refractivity contribution in [2.75, 3.05) is 92.1 Å². The van der Waals surface area contributed by atoms with Crippen LogP contribution in [0.15, 0.2) is 12.2 Å². The van der Waals surface area contributed by atoms with Crippen molar-refractivity contribution >= 4 is 35.4 Å². The van der Waals surface area contributed by atoms with Gasteiger partial charge in [-0.05, 0) is 51.9 Å². The Labute approximate surface area is 386 Å². The first-order valence-electron chi connectivity index (χ1n) is 24.7. The molecular weight excluding hydrogens is 821 g/mol. The molecule has 0 aromatic carbocycles. The summed E-state index contributed by atoms with van der Waals surface area (Å²) in [7, 11) is 0. The average molecular weight is 911 g/mol. The Kier molecular flexibility index (Phi) is 44.7.